The van der Waals surface area contributed by atoms with E-state index in [2.05, 4.69) is 32.8 Å². The lowest BCUT2D eigenvalue weighted by molar-refractivity contribution is 0.725. The van der Waals surface area contributed by atoms with Crippen molar-refractivity contribution in [3.8, 4) is 0 Å². The van der Waals surface area contributed by atoms with Crippen LogP contribution in [-0.2, 0) is 0 Å². The summed E-state index contributed by atoms with van der Waals surface area (Å²) in [6.45, 7) is 3.77. The number of hydrogen-bond donors (Lipinski definition) is 1. The number of H-pyrrole nitrogens is 1. The van der Waals surface area contributed by atoms with Crippen LogP contribution in [0.25, 0.3) is 0 Å². The van der Waals surface area contributed by atoms with Crippen molar-refractivity contribution in [1.82, 2.24) is 9.97 Å². The van der Waals surface area contributed by atoms with Crippen LogP contribution in [0, 0.1) is 0 Å². The van der Waals surface area contributed by atoms with Gasteiger partial charge in [-0.05, 0) is 6.42 Å². The Hall–Kier alpha value is -0.550. The molecule has 0 spiro atoms. The largest absolute Gasteiger partial charge is 0.354 e. The molecule has 0 atom stereocenters. The second kappa shape index (κ2) is 6.91. The molecule has 0 aliphatic carbocycles. The maximum absolute atomic E-state index is 11.4. The van der Waals surface area contributed by atoms with Crippen LogP contribution in [0.15, 0.2) is 11.1 Å². The van der Waals surface area contributed by atoms with E-state index >= 15 is 0 Å². The average Bonchev–Trinajstić information content (AvgIpc) is 2.28. The molecule has 6 heteroatoms. The van der Waals surface area contributed by atoms with Gasteiger partial charge in [0.1, 0.15) is 5.02 Å². The van der Waals surface area contributed by atoms with Crippen LogP contribution >= 0.6 is 27.5 Å². The number of nitrogens with one attached hydrogen (secondary N) is 1. The molecular weight excluding hydrogens is 293 g/mol. The summed E-state index contributed by atoms with van der Waals surface area (Å²) in [5, 5.41) is 0.987. The lowest BCUT2D eigenvalue weighted by Gasteiger charge is -2.22. The molecule has 0 fully saturated rings. The Kier molecular flexibility index (Phi) is 5.84. The first-order valence-corrected chi connectivity index (χ1v) is 6.74. The summed E-state index contributed by atoms with van der Waals surface area (Å²) in [6, 6.07) is 0. The van der Waals surface area contributed by atoms with E-state index in [1.54, 1.807) is 0 Å². The number of anilines is 1. The van der Waals surface area contributed by atoms with Crippen molar-refractivity contribution in [1.29, 1.82) is 0 Å². The molecule has 0 saturated carbocycles. The lowest BCUT2D eigenvalue weighted by atomic mass is 10.3. The number of halogens is 2. The van der Waals surface area contributed by atoms with Gasteiger partial charge in [0.25, 0.3) is 5.56 Å². The van der Waals surface area contributed by atoms with Crippen LogP contribution in [-0.4, -0.2) is 28.4 Å². The van der Waals surface area contributed by atoms with Gasteiger partial charge < -0.3 is 9.88 Å². The second-order valence-corrected chi connectivity index (χ2v) is 4.57. The number of aromatic nitrogens is 2. The van der Waals surface area contributed by atoms with Crippen molar-refractivity contribution in [3.63, 3.8) is 0 Å². The molecule has 0 aliphatic heterocycles. The maximum atomic E-state index is 11.4. The summed E-state index contributed by atoms with van der Waals surface area (Å²) in [5.74, 6) is 0.568. The molecule has 1 heterocycles. The molecule has 0 unspecified atom stereocenters. The van der Waals surface area contributed by atoms with Crippen LogP contribution in [0.3, 0.4) is 0 Å². The van der Waals surface area contributed by atoms with E-state index in [0.29, 0.717) is 5.82 Å². The summed E-state index contributed by atoms with van der Waals surface area (Å²) in [7, 11) is 0. The Balaban J connectivity index is 2.91. The first-order chi connectivity index (χ1) is 7.70. The number of alkyl halides is 1. The Morgan fingerprint density at radius 2 is 2.31 bits per heavy atom. The van der Waals surface area contributed by atoms with Crippen molar-refractivity contribution in [2.24, 2.45) is 0 Å². The van der Waals surface area contributed by atoms with Gasteiger partial charge in [-0.25, -0.2) is 4.98 Å². The fraction of sp³-hybridized carbons (Fsp3) is 0.600. The topological polar surface area (TPSA) is 49.0 Å². The molecule has 1 aromatic heterocycles. The van der Waals surface area contributed by atoms with Gasteiger partial charge in [0.15, 0.2) is 5.82 Å². The van der Waals surface area contributed by atoms with Crippen molar-refractivity contribution in [2.75, 3.05) is 23.3 Å². The van der Waals surface area contributed by atoms with E-state index in [1.165, 1.54) is 6.33 Å². The van der Waals surface area contributed by atoms with E-state index in [9.17, 15) is 4.79 Å². The maximum Gasteiger partial charge on any atom is 0.271 e. The number of rotatable bonds is 6. The van der Waals surface area contributed by atoms with Gasteiger partial charge in [-0.15, -0.1) is 0 Å². The number of nitrogens with zero attached hydrogens (tertiary/aromatic N) is 2. The molecule has 0 bridgehead atoms. The van der Waals surface area contributed by atoms with Crippen molar-refractivity contribution < 1.29 is 0 Å². The first-order valence-electron chi connectivity index (χ1n) is 5.24. The number of aromatic amines is 1. The van der Waals surface area contributed by atoms with Crippen LogP contribution in [0.5, 0.6) is 0 Å². The molecular formula is C10H15BrClN3O. The first kappa shape index (κ1) is 13.5. The van der Waals surface area contributed by atoms with Crippen LogP contribution in [0.1, 0.15) is 19.8 Å². The predicted octanol–water partition coefficient (Wildman–Crippen LogP) is 2.42. The average molecular weight is 309 g/mol. The van der Waals surface area contributed by atoms with Gasteiger partial charge in [0.05, 0.1) is 6.33 Å². The highest BCUT2D eigenvalue weighted by atomic mass is 79.9. The van der Waals surface area contributed by atoms with Gasteiger partial charge >= 0.3 is 0 Å². The van der Waals surface area contributed by atoms with E-state index in [1.807, 2.05) is 4.90 Å². The van der Waals surface area contributed by atoms with Crippen molar-refractivity contribution in [2.45, 2.75) is 19.8 Å². The molecule has 0 aromatic carbocycles. The molecule has 1 rings (SSSR count). The van der Waals surface area contributed by atoms with Gasteiger partial charge in [0, 0.05) is 18.4 Å². The predicted molar refractivity (Wildman–Crippen MR) is 70.8 cm³/mol. The minimum Gasteiger partial charge on any atom is -0.354 e. The van der Waals surface area contributed by atoms with Gasteiger partial charge in [-0.2, -0.15) is 0 Å². The highest BCUT2D eigenvalue weighted by molar-refractivity contribution is 9.09. The number of hydrogen-bond acceptors (Lipinski definition) is 3. The number of unbranched alkanes of at least 4 members (excludes halogenated alkanes) is 1. The SMILES string of the molecule is CCCCN(CCBr)c1nc[nH]c(=O)c1Cl. The van der Waals surface area contributed by atoms with E-state index in [0.717, 1.165) is 31.3 Å². The van der Waals surface area contributed by atoms with Gasteiger partial charge in [-0.1, -0.05) is 40.9 Å². The highest BCUT2D eigenvalue weighted by Crippen LogP contribution is 2.18. The Labute approximate surface area is 108 Å². The fourth-order valence-corrected chi connectivity index (χ4v) is 2.02. The zero-order valence-corrected chi connectivity index (χ0v) is 11.5. The monoisotopic (exact) mass is 307 g/mol. The highest BCUT2D eigenvalue weighted by Gasteiger charge is 2.13. The smallest absolute Gasteiger partial charge is 0.271 e. The molecule has 90 valence electrons. The molecule has 0 amide bonds. The zero-order chi connectivity index (χ0) is 12.0. The molecule has 1 N–H and O–H groups in total. The summed E-state index contributed by atoms with van der Waals surface area (Å²) >= 11 is 9.32. The van der Waals surface area contributed by atoms with Crippen LogP contribution < -0.4 is 10.5 Å². The fourth-order valence-electron chi connectivity index (χ4n) is 1.37. The molecule has 4 nitrogen and oxygen atoms in total. The summed E-state index contributed by atoms with van der Waals surface area (Å²) in [5.41, 5.74) is -0.289. The summed E-state index contributed by atoms with van der Waals surface area (Å²) in [4.78, 5) is 20.0. The molecule has 0 radical (unpaired) electrons. The van der Waals surface area contributed by atoms with E-state index < -0.39 is 0 Å². The molecule has 0 saturated heterocycles. The second-order valence-electron chi connectivity index (χ2n) is 3.40. The Morgan fingerprint density at radius 1 is 1.56 bits per heavy atom. The lowest BCUT2D eigenvalue weighted by Crippen LogP contribution is -2.29. The van der Waals surface area contributed by atoms with E-state index in [4.69, 9.17) is 11.6 Å². The summed E-state index contributed by atoms with van der Waals surface area (Å²) < 4.78 is 0. The third-order valence-electron chi connectivity index (χ3n) is 2.21. The van der Waals surface area contributed by atoms with Crippen molar-refractivity contribution >= 4 is 33.3 Å². The summed E-state index contributed by atoms with van der Waals surface area (Å²) in [6.07, 6.45) is 3.54. The van der Waals surface area contributed by atoms with Gasteiger partial charge in [-0.3, -0.25) is 4.79 Å². The van der Waals surface area contributed by atoms with E-state index in [-0.39, 0.29) is 10.6 Å². The normalized spacial score (nSPS) is 10.4. The van der Waals surface area contributed by atoms with Crippen LogP contribution in [0.4, 0.5) is 5.82 Å². The zero-order valence-electron chi connectivity index (χ0n) is 9.17. The standard InChI is InChI=1S/C10H15BrClN3O/c1-2-3-5-15(6-4-11)9-8(12)10(16)14-7-13-9/h7H,2-6H2,1H3,(H,13,14,16). The molecule has 16 heavy (non-hydrogen) atoms. The Bertz CT molecular complexity index is 383. The van der Waals surface area contributed by atoms with Crippen molar-refractivity contribution in [3.05, 3.63) is 21.7 Å². The minimum atomic E-state index is -0.289. The molecule has 1 aromatic rings. The third-order valence-corrected chi connectivity index (χ3v) is 2.91. The quantitative estimate of drug-likeness (QED) is 0.821. The molecule has 0 aliphatic rings. The van der Waals surface area contributed by atoms with Crippen LogP contribution in [0.2, 0.25) is 5.02 Å². The third kappa shape index (κ3) is 3.49. The van der Waals surface area contributed by atoms with Gasteiger partial charge in [0.2, 0.25) is 0 Å². The Morgan fingerprint density at radius 3 is 2.94 bits per heavy atom. The minimum absolute atomic E-state index is 0.166.